The van der Waals surface area contributed by atoms with Gasteiger partial charge in [0.1, 0.15) is 0 Å². The fraction of sp³-hybridized carbons (Fsp3) is 0.867. The Morgan fingerprint density at radius 2 is 2.05 bits per heavy atom. The van der Waals surface area contributed by atoms with Crippen LogP contribution in [0, 0.1) is 5.92 Å². The number of piperidine rings is 1. The van der Waals surface area contributed by atoms with E-state index in [9.17, 15) is 9.59 Å². The van der Waals surface area contributed by atoms with Crippen molar-refractivity contribution in [3.8, 4) is 0 Å². The van der Waals surface area contributed by atoms with E-state index in [4.69, 9.17) is 5.73 Å². The lowest BCUT2D eigenvalue weighted by Gasteiger charge is -2.34. The van der Waals surface area contributed by atoms with Crippen molar-refractivity contribution in [1.82, 2.24) is 10.2 Å². The molecule has 1 saturated heterocycles. The van der Waals surface area contributed by atoms with Crippen molar-refractivity contribution in [2.24, 2.45) is 11.7 Å². The summed E-state index contributed by atoms with van der Waals surface area (Å²) in [7, 11) is 0. The fourth-order valence-corrected chi connectivity index (χ4v) is 2.57. The zero-order valence-corrected chi connectivity index (χ0v) is 12.9. The van der Waals surface area contributed by atoms with Gasteiger partial charge in [0.05, 0.1) is 0 Å². The first-order chi connectivity index (χ1) is 9.54. The van der Waals surface area contributed by atoms with Gasteiger partial charge in [-0.05, 0) is 32.2 Å². The average molecular weight is 283 g/mol. The minimum Gasteiger partial charge on any atom is -0.352 e. The van der Waals surface area contributed by atoms with Crippen molar-refractivity contribution in [3.05, 3.63) is 0 Å². The molecule has 1 aliphatic heterocycles. The van der Waals surface area contributed by atoms with Crippen LogP contribution in [-0.4, -0.2) is 42.4 Å². The molecule has 3 N–H and O–H groups in total. The SMILES string of the molecule is CC(C)C(=O)N1CCC[C@@H](NC(=O)CCCCCN)C1. The van der Waals surface area contributed by atoms with Crippen molar-refractivity contribution in [2.45, 2.75) is 58.4 Å². The molecule has 0 aromatic rings. The van der Waals surface area contributed by atoms with Crippen molar-refractivity contribution >= 4 is 11.8 Å². The van der Waals surface area contributed by atoms with Crippen LogP contribution in [0.15, 0.2) is 0 Å². The van der Waals surface area contributed by atoms with Crippen molar-refractivity contribution in [3.63, 3.8) is 0 Å². The van der Waals surface area contributed by atoms with E-state index in [-0.39, 0.29) is 23.8 Å². The average Bonchev–Trinajstić information content (AvgIpc) is 2.43. The number of nitrogens with one attached hydrogen (secondary N) is 1. The highest BCUT2D eigenvalue weighted by Crippen LogP contribution is 2.13. The number of carbonyl (C=O) groups is 2. The van der Waals surface area contributed by atoms with Gasteiger partial charge in [-0.3, -0.25) is 9.59 Å². The first-order valence-corrected chi connectivity index (χ1v) is 7.82. The molecule has 1 rings (SSSR count). The minimum absolute atomic E-state index is 0.0284. The van der Waals surface area contributed by atoms with Crippen LogP contribution in [0.2, 0.25) is 0 Å². The molecule has 5 nitrogen and oxygen atoms in total. The third-order valence-electron chi connectivity index (χ3n) is 3.70. The number of amides is 2. The Bertz CT molecular complexity index is 318. The molecular weight excluding hydrogens is 254 g/mol. The van der Waals surface area contributed by atoms with Crippen molar-refractivity contribution in [1.29, 1.82) is 0 Å². The van der Waals surface area contributed by atoms with Gasteiger partial charge >= 0.3 is 0 Å². The normalized spacial score (nSPS) is 19.2. The summed E-state index contributed by atoms with van der Waals surface area (Å²) in [5, 5.41) is 3.06. The molecular formula is C15H29N3O2. The summed E-state index contributed by atoms with van der Waals surface area (Å²) in [5.74, 6) is 0.318. The Morgan fingerprint density at radius 1 is 1.30 bits per heavy atom. The molecule has 0 saturated carbocycles. The second-order valence-corrected chi connectivity index (χ2v) is 5.94. The molecule has 20 heavy (non-hydrogen) atoms. The van der Waals surface area contributed by atoms with Crippen LogP contribution < -0.4 is 11.1 Å². The molecule has 0 aromatic heterocycles. The van der Waals surface area contributed by atoms with E-state index >= 15 is 0 Å². The summed E-state index contributed by atoms with van der Waals surface area (Å²) < 4.78 is 0. The zero-order chi connectivity index (χ0) is 15.0. The highest BCUT2D eigenvalue weighted by Gasteiger charge is 2.25. The second kappa shape index (κ2) is 8.95. The smallest absolute Gasteiger partial charge is 0.225 e. The molecule has 0 radical (unpaired) electrons. The molecule has 116 valence electrons. The van der Waals surface area contributed by atoms with Gasteiger partial charge in [0, 0.05) is 31.5 Å². The number of rotatable bonds is 7. The number of likely N-dealkylation sites (tertiary alicyclic amines) is 1. The van der Waals surface area contributed by atoms with E-state index in [1.807, 2.05) is 18.7 Å². The standard InChI is InChI=1S/C15H29N3O2/c1-12(2)15(20)18-10-6-7-13(11-18)17-14(19)8-4-3-5-9-16/h12-13H,3-11,16H2,1-2H3,(H,17,19)/t13-/m1/s1. The lowest BCUT2D eigenvalue weighted by molar-refractivity contribution is -0.136. The molecule has 1 heterocycles. The van der Waals surface area contributed by atoms with E-state index < -0.39 is 0 Å². The molecule has 5 heteroatoms. The molecule has 0 spiro atoms. The first-order valence-electron chi connectivity index (χ1n) is 7.82. The van der Waals surface area contributed by atoms with Gasteiger partial charge in [-0.2, -0.15) is 0 Å². The number of carbonyl (C=O) groups excluding carboxylic acids is 2. The fourth-order valence-electron chi connectivity index (χ4n) is 2.57. The maximum Gasteiger partial charge on any atom is 0.225 e. The first kappa shape index (κ1) is 17.0. The predicted molar refractivity (Wildman–Crippen MR) is 80.1 cm³/mol. The number of unbranched alkanes of at least 4 members (excludes halogenated alkanes) is 2. The third kappa shape index (κ3) is 5.90. The summed E-state index contributed by atoms with van der Waals surface area (Å²) in [6.07, 6.45) is 5.38. The van der Waals surface area contributed by atoms with Gasteiger partial charge in [-0.1, -0.05) is 20.3 Å². The maximum atomic E-state index is 12.0. The van der Waals surface area contributed by atoms with Gasteiger partial charge in [0.25, 0.3) is 0 Å². The van der Waals surface area contributed by atoms with Crippen LogP contribution >= 0.6 is 0 Å². The van der Waals surface area contributed by atoms with E-state index in [1.54, 1.807) is 0 Å². The number of hydrogen-bond donors (Lipinski definition) is 2. The highest BCUT2D eigenvalue weighted by molar-refractivity contribution is 5.79. The third-order valence-corrected chi connectivity index (χ3v) is 3.70. The van der Waals surface area contributed by atoms with E-state index in [2.05, 4.69) is 5.32 Å². The monoisotopic (exact) mass is 283 g/mol. The van der Waals surface area contributed by atoms with E-state index in [0.717, 1.165) is 38.6 Å². The Morgan fingerprint density at radius 3 is 2.70 bits per heavy atom. The molecule has 0 unspecified atom stereocenters. The summed E-state index contributed by atoms with van der Waals surface area (Å²) in [5.41, 5.74) is 5.42. The summed E-state index contributed by atoms with van der Waals surface area (Å²) >= 11 is 0. The molecule has 1 atom stereocenters. The molecule has 1 aliphatic rings. The van der Waals surface area contributed by atoms with Crippen LogP contribution in [0.1, 0.15) is 52.4 Å². The lowest BCUT2D eigenvalue weighted by Crippen LogP contribution is -2.50. The number of nitrogens with two attached hydrogens (primary N) is 1. The summed E-state index contributed by atoms with van der Waals surface area (Å²) in [6, 6.07) is 0.119. The van der Waals surface area contributed by atoms with Gasteiger partial charge < -0.3 is 16.0 Å². The number of hydrogen-bond acceptors (Lipinski definition) is 3. The second-order valence-electron chi connectivity index (χ2n) is 5.94. The quantitative estimate of drug-likeness (QED) is 0.691. The Labute approximate surface area is 122 Å². The van der Waals surface area contributed by atoms with Crippen molar-refractivity contribution < 1.29 is 9.59 Å². The van der Waals surface area contributed by atoms with Gasteiger partial charge in [-0.25, -0.2) is 0 Å². The molecule has 0 bridgehead atoms. The minimum atomic E-state index is 0.0284. The molecule has 2 amide bonds. The van der Waals surface area contributed by atoms with Gasteiger partial charge in [0.15, 0.2) is 0 Å². The Hall–Kier alpha value is -1.10. The van der Waals surface area contributed by atoms with Crippen LogP contribution in [0.5, 0.6) is 0 Å². The van der Waals surface area contributed by atoms with E-state index in [1.165, 1.54) is 0 Å². The van der Waals surface area contributed by atoms with Crippen molar-refractivity contribution in [2.75, 3.05) is 19.6 Å². The summed E-state index contributed by atoms with van der Waals surface area (Å²) in [4.78, 5) is 25.7. The highest BCUT2D eigenvalue weighted by atomic mass is 16.2. The van der Waals surface area contributed by atoms with Crippen LogP contribution in [0.4, 0.5) is 0 Å². The van der Waals surface area contributed by atoms with Crippen LogP contribution in [-0.2, 0) is 9.59 Å². The zero-order valence-electron chi connectivity index (χ0n) is 12.9. The Kier molecular flexibility index (Phi) is 7.59. The molecule has 0 aliphatic carbocycles. The molecule has 1 fully saturated rings. The van der Waals surface area contributed by atoms with Gasteiger partial charge in [-0.15, -0.1) is 0 Å². The summed E-state index contributed by atoms with van der Waals surface area (Å²) in [6.45, 7) is 6.01. The largest absolute Gasteiger partial charge is 0.352 e. The van der Waals surface area contributed by atoms with Crippen LogP contribution in [0.3, 0.4) is 0 Å². The number of nitrogens with zero attached hydrogens (tertiary/aromatic N) is 1. The molecule has 0 aromatic carbocycles. The predicted octanol–water partition coefficient (Wildman–Crippen LogP) is 1.27. The topological polar surface area (TPSA) is 75.4 Å². The lowest BCUT2D eigenvalue weighted by atomic mass is 10.0. The maximum absolute atomic E-state index is 12.0. The Balaban J connectivity index is 2.29. The van der Waals surface area contributed by atoms with Crippen LogP contribution in [0.25, 0.3) is 0 Å². The van der Waals surface area contributed by atoms with E-state index in [0.29, 0.717) is 19.5 Å². The van der Waals surface area contributed by atoms with Gasteiger partial charge in [0.2, 0.25) is 11.8 Å².